The molecule has 6 nitrogen and oxygen atoms in total. The number of unbranched alkanes of at least 4 members (excludes halogenated alkanes) is 1. The number of hydrogen-bond acceptors (Lipinski definition) is 3. The Morgan fingerprint density at radius 3 is 2.73 bits per heavy atom. The second-order valence-electron chi connectivity index (χ2n) is 3.78. The van der Waals surface area contributed by atoms with E-state index in [9.17, 15) is 8.42 Å². The van der Waals surface area contributed by atoms with E-state index in [-0.39, 0.29) is 5.75 Å². The second-order valence-corrected chi connectivity index (χ2v) is 5.63. The van der Waals surface area contributed by atoms with Crippen molar-refractivity contribution < 1.29 is 8.42 Å². The third-order valence-electron chi connectivity index (χ3n) is 2.22. The lowest BCUT2D eigenvalue weighted by Crippen LogP contribution is -2.28. The van der Waals surface area contributed by atoms with E-state index in [1.54, 1.807) is 0 Å². The summed E-state index contributed by atoms with van der Waals surface area (Å²) in [6.45, 7) is 0.872. The first-order valence-corrected chi connectivity index (χ1v) is 6.77. The van der Waals surface area contributed by atoms with Gasteiger partial charge in [-0.1, -0.05) is 5.11 Å². The number of hydrogen-bond donors (Lipinski definition) is 1. The molecule has 0 unspecified atom stereocenters. The summed E-state index contributed by atoms with van der Waals surface area (Å²) in [7, 11) is -3.06. The molecule has 0 spiro atoms. The molecule has 7 heteroatoms. The Balaban J connectivity index is 2.04. The van der Waals surface area contributed by atoms with Crippen LogP contribution in [0.2, 0.25) is 0 Å². The van der Waals surface area contributed by atoms with Gasteiger partial charge in [0.05, 0.1) is 5.75 Å². The van der Waals surface area contributed by atoms with Crippen LogP contribution in [0.15, 0.2) is 5.11 Å². The molecule has 1 aliphatic rings. The Morgan fingerprint density at radius 1 is 1.40 bits per heavy atom. The maximum absolute atomic E-state index is 11.4. The van der Waals surface area contributed by atoms with Crippen LogP contribution in [0.5, 0.6) is 0 Å². The molecule has 0 aliphatic heterocycles. The molecule has 0 aromatic carbocycles. The van der Waals surface area contributed by atoms with Gasteiger partial charge in [0.25, 0.3) is 0 Å². The minimum Gasteiger partial charge on any atom is -0.215 e. The van der Waals surface area contributed by atoms with Crippen molar-refractivity contribution in [3.05, 3.63) is 10.4 Å². The van der Waals surface area contributed by atoms with E-state index in [4.69, 9.17) is 5.53 Å². The summed E-state index contributed by atoms with van der Waals surface area (Å²) in [5, 5.41) is 3.37. The summed E-state index contributed by atoms with van der Waals surface area (Å²) in [6, 6.07) is 0. The smallest absolute Gasteiger partial charge is 0.211 e. The van der Waals surface area contributed by atoms with E-state index in [2.05, 4.69) is 14.7 Å². The Hall–Kier alpha value is -0.780. The molecule has 0 radical (unpaired) electrons. The summed E-state index contributed by atoms with van der Waals surface area (Å²) in [6.07, 6.45) is 3.51. The van der Waals surface area contributed by atoms with Crippen molar-refractivity contribution in [2.24, 2.45) is 11.0 Å². The van der Waals surface area contributed by atoms with E-state index in [0.29, 0.717) is 25.4 Å². The van der Waals surface area contributed by atoms with Crippen LogP contribution >= 0.6 is 0 Å². The fourth-order valence-electron chi connectivity index (χ4n) is 1.23. The Kier molecular flexibility index (Phi) is 4.87. The lowest BCUT2D eigenvalue weighted by Gasteiger charge is -2.04. The molecule has 86 valence electrons. The van der Waals surface area contributed by atoms with E-state index < -0.39 is 10.0 Å². The van der Waals surface area contributed by atoms with Gasteiger partial charge in [-0.05, 0) is 37.1 Å². The van der Waals surface area contributed by atoms with Gasteiger partial charge in [-0.15, -0.1) is 0 Å². The van der Waals surface area contributed by atoms with Crippen LogP contribution in [0.4, 0.5) is 0 Å². The third-order valence-corrected chi connectivity index (χ3v) is 3.78. The van der Waals surface area contributed by atoms with Gasteiger partial charge in [-0.25, -0.2) is 13.1 Å². The third kappa shape index (κ3) is 6.33. The highest BCUT2D eigenvalue weighted by molar-refractivity contribution is 7.89. The largest absolute Gasteiger partial charge is 0.215 e. The van der Waals surface area contributed by atoms with Gasteiger partial charge in [0.15, 0.2) is 0 Å². The fraction of sp³-hybridized carbons (Fsp3) is 1.00. The topological polar surface area (TPSA) is 94.9 Å². The van der Waals surface area contributed by atoms with E-state index in [0.717, 1.165) is 19.3 Å². The molecule has 0 bridgehead atoms. The predicted molar refractivity (Wildman–Crippen MR) is 57.8 cm³/mol. The Bertz CT molecular complexity index is 331. The van der Waals surface area contributed by atoms with Gasteiger partial charge >= 0.3 is 0 Å². The fourth-order valence-corrected chi connectivity index (χ4v) is 2.76. The molecule has 15 heavy (non-hydrogen) atoms. The predicted octanol–water partition coefficient (Wildman–Crippen LogP) is 1.41. The summed E-state index contributed by atoms with van der Waals surface area (Å²) >= 11 is 0. The van der Waals surface area contributed by atoms with Crippen molar-refractivity contribution in [3.63, 3.8) is 0 Å². The molecular formula is C8H16N4O2S. The van der Waals surface area contributed by atoms with Crippen LogP contribution in [0.3, 0.4) is 0 Å². The zero-order valence-electron chi connectivity index (χ0n) is 8.59. The maximum atomic E-state index is 11.4. The number of nitrogens with zero attached hydrogens (tertiary/aromatic N) is 3. The van der Waals surface area contributed by atoms with Gasteiger partial charge < -0.3 is 0 Å². The first-order valence-electron chi connectivity index (χ1n) is 5.12. The van der Waals surface area contributed by atoms with Crippen LogP contribution in [0.25, 0.3) is 10.4 Å². The number of azide groups is 1. The highest BCUT2D eigenvalue weighted by Crippen LogP contribution is 2.29. The van der Waals surface area contributed by atoms with Crippen LogP contribution in [0, 0.1) is 5.92 Å². The van der Waals surface area contributed by atoms with Crippen LogP contribution in [0.1, 0.15) is 25.7 Å². The van der Waals surface area contributed by atoms with Crippen molar-refractivity contribution in [1.82, 2.24) is 4.72 Å². The van der Waals surface area contributed by atoms with E-state index in [1.807, 2.05) is 0 Å². The average molecular weight is 232 g/mol. The summed E-state index contributed by atoms with van der Waals surface area (Å²) < 4.78 is 25.3. The number of nitrogens with one attached hydrogen (secondary N) is 1. The average Bonchev–Trinajstić information content (AvgIpc) is 2.94. The first-order chi connectivity index (χ1) is 7.14. The minimum absolute atomic E-state index is 0.267. The van der Waals surface area contributed by atoms with Crippen molar-refractivity contribution in [2.45, 2.75) is 25.7 Å². The molecular weight excluding hydrogens is 216 g/mol. The lowest BCUT2D eigenvalue weighted by atomic mass is 10.3. The zero-order valence-corrected chi connectivity index (χ0v) is 9.41. The van der Waals surface area contributed by atoms with Gasteiger partial charge in [0, 0.05) is 18.0 Å². The van der Waals surface area contributed by atoms with Crippen molar-refractivity contribution >= 4 is 10.0 Å². The molecule has 0 atom stereocenters. The van der Waals surface area contributed by atoms with Crippen molar-refractivity contribution in [1.29, 1.82) is 0 Å². The van der Waals surface area contributed by atoms with Gasteiger partial charge in [0.2, 0.25) is 10.0 Å². The maximum Gasteiger partial charge on any atom is 0.211 e. The number of rotatable bonds is 8. The minimum atomic E-state index is -3.06. The lowest BCUT2D eigenvalue weighted by molar-refractivity contribution is 0.573. The van der Waals surface area contributed by atoms with Crippen molar-refractivity contribution in [3.8, 4) is 0 Å². The Morgan fingerprint density at radius 2 is 2.13 bits per heavy atom. The van der Waals surface area contributed by atoms with Crippen molar-refractivity contribution in [2.75, 3.05) is 18.8 Å². The Labute approximate surface area is 89.7 Å². The number of sulfonamides is 1. The highest BCUT2D eigenvalue weighted by atomic mass is 32.2. The molecule has 0 aromatic heterocycles. The van der Waals surface area contributed by atoms with E-state index >= 15 is 0 Å². The van der Waals surface area contributed by atoms with Crippen LogP contribution in [-0.2, 0) is 10.0 Å². The molecule has 1 fully saturated rings. The SMILES string of the molecule is [N-]=[N+]=NCCCCNS(=O)(=O)CC1CC1. The standard InChI is InChI=1S/C8H16N4O2S/c9-12-10-5-1-2-6-11-15(13,14)7-8-3-4-8/h8,11H,1-7H2. The zero-order chi connectivity index (χ0) is 11.1. The van der Waals surface area contributed by atoms with Gasteiger partial charge in [-0.2, -0.15) is 0 Å². The molecule has 0 heterocycles. The normalized spacial score (nSPS) is 16.0. The molecule has 0 saturated heterocycles. The first kappa shape index (κ1) is 12.3. The second kappa shape index (κ2) is 5.95. The molecule has 1 aliphatic carbocycles. The van der Waals surface area contributed by atoms with Crippen LogP contribution in [-0.4, -0.2) is 27.3 Å². The molecule has 0 aromatic rings. The summed E-state index contributed by atoms with van der Waals surface area (Å²) in [5.74, 6) is 0.647. The molecule has 1 N–H and O–H groups in total. The van der Waals surface area contributed by atoms with Gasteiger partial charge in [0.1, 0.15) is 0 Å². The molecule has 0 amide bonds. The monoisotopic (exact) mass is 232 g/mol. The van der Waals surface area contributed by atoms with E-state index in [1.165, 1.54) is 0 Å². The summed E-state index contributed by atoms with van der Waals surface area (Å²) in [4.78, 5) is 2.62. The highest BCUT2D eigenvalue weighted by Gasteiger charge is 2.27. The molecule has 1 saturated carbocycles. The van der Waals surface area contributed by atoms with Crippen LogP contribution < -0.4 is 4.72 Å². The quantitative estimate of drug-likeness (QED) is 0.296. The van der Waals surface area contributed by atoms with Gasteiger partial charge in [-0.3, -0.25) is 0 Å². The molecule has 1 rings (SSSR count). The summed E-state index contributed by atoms with van der Waals surface area (Å²) in [5.41, 5.74) is 8.00.